The van der Waals surface area contributed by atoms with Gasteiger partial charge in [-0.25, -0.2) is 0 Å². The number of amides is 2. The summed E-state index contributed by atoms with van der Waals surface area (Å²) in [5.74, 6) is 0.0399. The van der Waals surface area contributed by atoms with Crippen LogP contribution >= 0.6 is 0 Å². The van der Waals surface area contributed by atoms with E-state index in [4.69, 9.17) is 0 Å². The van der Waals surface area contributed by atoms with Crippen LogP contribution in [0.2, 0.25) is 0 Å². The van der Waals surface area contributed by atoms with Crippen molar-refractivity contribution < 1.29 is 9.59 Å². The molecule has 0 N–H and O–H groups in total. The number of rotatable bonds is 3. The Balaban J connectivity index is 1.59. The molecule has 0 aliphatic carbocycles. The summed E-state index contributed by atoms with van der Waals surface area (Å²) >= 11 is 0. The summed E-state index contributed by atoms with van der Waals surface area (Å²) in [6.07, 6.45) is 0. The van der Waals surface area contributed by atoms with Crippen LogP contribution in [0.3, 0.4) is 0 Å². The molecule has 0 aromatic heterocycles. The molecule has 112 valence electrons. The SMILES string of the molecule is CCN1CCN(C(=O)CN2Cc3ccccc3C2=O)CC1. The lowest BCUT2D eigenvalue weighted by Gasteiger charge is -2.34. The highest BCUT2D eigenvalue weighted by Gasteiger charge is 2.30. The third kappa shape index (κ3) is 2.78. The molecule has 0 unspecified atom stereocenters. The fourth-order valence-corrected chi connectivity index (χ4v) is 3.02. The van der Waals surface area contributed by atoms with Gasteiger partial charge in [-0.2, -0.15) is 0 Å². The van der Waals surface area contributed by atoms with Crippen LogP contribution in [0.1, 0.15) is 22.8 Å². The van der Waals surface area contributed by atoms with Gasteiger partial charge < -0.3 is 14.7 Å². The summed E-state index contributed by atoms with van der Waals surface area (Å²) in [6, 6.07) is 7.59. The van der Waals surface area contributed by atoms with Crippen molar-refractivity contribution in [3.05, 3.63) is 35.4 Å². The maximum Gasteiger partial charge on any atom is 0.254 e. The minimum atomic E-state index is -0.0221. The first-order valence-corrected chi connectivity index (χ1v) is 7.56. The van der Waals surface area contributed by atoms with Crippen molar-refractivity contribution in [1.29, 1.82) is 0 Å². The van der Waals surface area contributed by atoms with Crippen molar-refractivity contribution in [2.75, 3.05) is 39.3 Å². The Morgan fingerprint density at radius 2 is 1.86 bits per heavy atom. The van der Waals surface area contributed by atoms with E-state index < -0.39 is 0 Å². The van der Waals surface area contributed by atoms with Crippen molar-refractivity contribution >= 4 is 11.8 Å². The second kappa shape index (κ2) is 5.85. The van der Waals surface area contributed by atoms with Crippen molar-refractivity contribution in [3.63, 3.8) is 0 Å². The number of carbonyl (C=O) groups is 2. The van der Waals surface area contributed by atoms with Crippen molar-refractivity contribution in [2.45, 2.75) is 13.5 Å². The second-order valence-electron chi connectivity index (χ2n) is 5.63. The molecule has 1 fully saturated rings. The Kier molecular flexibility index (Phi) is 3.92. The predicted octanol–water partition coefficient (Wildman–Crippen LogP) is 0.806. The monoisotopic (exact) mass is 287 g/mol. The Labute approximate surface area is 125 Å². The van der Waals surface area contributed by atoms with Gasteiger partial charge in [0.2, 0.25) is 5.91 Å². The molecule has 5 heteroatoms. The Morgan fingerprint density at radius 1 is 1.14 bits per heavy atom. The molecule has 21 heavy (non-hydrogen) atoms. The summed E-state index contributed by atoms with van der Waals surface area (Å²) in [5.41, 5.74) is 1.76. The zero-order valence-electron chi connectivity index (χ0n) is 12.4. The highest BCUT2D eigenvalue weighted by atomic mass is 16.2. The Bertz CT molecular complexity index is 550. The van der Waals surface area contributed by atoms with Crippen molar-refractivity contribution in [3.8, 4) is 0 Å². The molecular weight excluding hydrogens is 266 g/mol. The molecule has 1 aromatic rings. The van der Waals surface area contributed by atoms with Crippen LogP contribution in [0.25, 0.3) is 0 Å². The minimum absolute atomic E-state index is 0.0221. The smallest absolute Gasteiger partial charge is 0.254 e. The maximum atomic E-state index is 12.4. The van der Waals surface area contributed by atoms with Gasteiger partial charge in [-0.3, -0.25) is 9.59 Å². The molecule has 0 atom stereocenters. The van der Waals surface area contributed by atoms with Crippen molar-refractivity contribution in [1.82, 2.24) is 14.7 Å². The van der Waals surface area contributed by atoms with E-state index in [-0.39, 0.29) is 18.4 Å². The molecule has 2 amide bonds. The fourth-order valence-electron chi connectivity index (χ4n) is 3.02. The van der Waals surface area contributed by atoms with Crippen LogP contribution in [0.4, 0.5) is 0 Å². The third-order valence-corrected chi connectivity index (χ3v) is 4.39. The molecule has 2 aliphatic rings. The second-order valence-corrected chi connectivity index (χ2v) is 5.63. The lowest BCUT2D eigenvalue weighted by Crippen LogP contribution is -2.51. The van der Waals surface area contributed by atoms with Gasteiger partial charge in [-0.15, -0.1) is 0 Å². The quantitative estimate of drug-likeness (QED) is 0.826. The van der Waals surface area contributed by atoms with E-state index in [1.54, 1.807) is 4.90 Å². The number of hydrogen-bond acceptors (Lipinski definition) is 3. The lowest BCUT2D eigenvalue weighted by atomic mass is 10.1. The molecular formula is C16H21N3O2. The largest absolute Gasteiger partial charge is 0.339 e. The molecule has 2 heterocycles. The summed E-state index contributed by atoms with van der Waals surface area (Å²) in [6.45, 7) is 7.30. The first-order chi connectivity index (χ1) is 10.2. The van der Waals surface area contributed by atoms with Gasteiger partial charge in [0.05, 0.1) is 0 Å². The summed E-state index contributed by atoms with van der Waals surface area (Å²) < 4.78 is 0. The standard InChI is InChI=1S/C16H21N3O2/c1-2-17-7-9-18(10-8-17)15(20)12-19-11-13-5-3-4-6-14(13)16(19)21/h3-6H,2,7-12H2,1H3. The molecule has 3 rings (SSSR count). The van der Waals surface area contributed by atoms with E-state index in [9.17, 15) is 9.59 Å². The van der Waals surface area contributed by atoms with Crippen LogP contribution in [0, 0.1) is 0 Å². The van der Waals surface area contributed by atoms with Gasteiger partial charge in [0.1, 0.15) is 6.54 Å². The van der Waals surface area contributed by atoms with Gasteiger partial charge in [-0.05, 0) is 18.2 Å². The molecule has 2 aliphatic heterocycles. The number of carbonyl (C=O) groups excluding carboxylic acids is 2. The molecule has 0 bridgehead atoms. The van der Waals surface area contributed by atoms with Gasteiger partial charge in [0, 0.05) is 38.3 Å². The number of fused-ring (bicyclic) bond motifs is 1. The topological polar surface area (TPSA) is 43.9 Å². The van der Waals surface area contributed by atoms with Crippen LogP contribution in [0.15, 0.2) is 24.3 Å². The third-order valence-electron chi connectivity index (χ3n) is 4.39. The molecule has 0 radical (unpaired) electrons. The van der Waals surface area contributed by atoms with E-state index in [2.05, 4.69) is 11.8 Å². The van der Waals surface area contributed by atoms with Gasteiger partial charge >= 0.3 is 0 Å². The van der Waals surface area contributed by atoms with Gasteiger partial charge in [0.25, 0.3) is 5.91 Å². The van der Waals surface area contributed by atoms with E-state index in [0.717, 1.165) is 43.9 Å². The first-order valence-electron chi connectivity index (χ1n) is 7.56. The van der Waals surface area contributed by atoms with E-state index in [1.165, 1.54) is 0 Å². The average molecular weight is 287 g/mol. The van der Waals surface area contributed by atoms with E-state index in [1.807, 2.05) is 29.2 Å². The summed E-state index contributed by atoms with van der Waals surface area (Å²) in [4.78, 5) is 30.5. The summed E-state index contributed by atoms with van der Waals surface area (Å²) in [5, 5.41) is 0. The van der Waals surface area contributed by atoms with E-state index in [0.29, 0.717) is 6.54 Å². The Morgan fingerprint density at radius 3 is 2.52 bits per heavy atom. The zero-order chi connectivity index (χ0) is 14.8. The van der Waals surface area contributed by atoms with E-state index >= 15 is 0 Å². The normalized spacial score (nSPS) is 19.0. The number of nitrogens with zero attached hydrogens (tertiary/aromatic N) is 3. The van der Waals surface area contributed by atoms with Gasteiger partial charge in [-0.1, -0.05) is 25.1 Å². The van der Waals surface area contributed by atoms with Crippen LogP contribution in [0.5, 0.6) is 0 Å². The van der Waals surface area contributed by atoms with Crippen LogP contribution in [-0.2, 0) is 11.3 Å². The number of likely N-dealkylation sites (N-methyl/N-ethyl adjacent to an activating group) is 1. The summed E-state index contributed by atoms with van der Waals surface area (Å²) in [7, 11) is 0. The number of hydrogen-bond donors (Lipinski definition) is 0. The highest BCUT2D eigenvalue weighted by Crippen LogP contribution is 2.22. The van der Waals surface area contributed by atoms with Crippen molar-refractivity contribution in [2.24, 2.45) is 0 Å². The molecule has 5 nitrogen and oxygen atoms in total. The maximum absolute atomic E-state index is 12.4. The molecule has 1 saturated heterocycles. The molecule has 0 saturated carbocycles. The highest BCUT2D eigenvalue weighted by molar-refractivity contribution is 6.00. The van der Waals surface area contributed by atoms with Crippen LogP contribution in [-0.4, -0.2) is 65.8 Å². The van der Waals surface area contributed by atoms with Gasteiger partial charge in [0.15, 0.2) is 0 Å². The van der Waals surface area contributed by atoms with Crippen LogP contribution < -0.4 is 0 Å². The predicted molar refractivity (Wildman–Crippen MR) is 79.9 cm³/mol. The molecule has 1 aromatic carbocycles. The molecule has 0 spiro atoms. The average Bonchev–Trinajstić information content (AvgIpc) is 2.84. The zero-order valence-corrected chi connectivity index (χ0v) is 12.4. The number of benzene rings is 1. The Hall–Kier alpha value is -1.88. The number of piperazine rings is 1. The lowest BCUT2D eigenvalue weighted by molar-refractivity contribution is -0.133. The first kappa shape index (κ1) is 14.1. The minimum Gasteiger partial charge on any atom is -0.339 e. The fraction of sp³-hybridized carbons (Fsp3) is 0.500.